The van der Waals surface area contributed by atoms with Gasteiger partial charge in [-0.2, -0.15) is 0 Å². The summed E-state index contributed by atoms with van der Waals surface area (Å²) < 4.78 is 15.8. The molecule has 1 saturated heterocycles. The minimum absolute atomic E-state index is 0.164. The number of carbonyl (C=O) groups is 1. The highest BCUT2D eigenvalue weighted by Crippen LogP contribution is 2.35. The summed E-state index contributed by atoms with van der Waals surface area (Å²) in [5, 5.41) is 2.88. The number of hydrogen-bond donors (Lipinski definition) is 2. The molecule has 1 aromatic carbocycles. The van der Waals surface area contributed by atoms with Crippen LogP contribution in [-0.2, 0) is 4.74 Å². The Balaban J connectivity index is 1.55. The molecule has 0 saturated carbocycles. The average Bonchev–Trinajstić information content (AvgIpc) is 2.94. The van der Waals surface area contributed by atoms with Crippen LogP contribution in [-0.4, -0.2) is 57.0 Å². The van der Waals surface area contributed by atoms with E-state index in [2.05, 4.69) is 10.2 Å². The van der Waals surface area contributed by atoms with Crippen molar-refractivity contribution >= 4 is 11.6 Å². The first-order valence-electron chi connectivity index (χ1n) is 7.01. The smallest absolute Gasteiger partial charge is 0.253 e. The maximum Gasteiger partial charge on any atom is 0.253 e. The zero-order chi connectivity index (χ0) is 14.7. The fraction of sp³-hybridized carbons (Fsp3) is 0.500. The van der Waals surface area contributed by atoms with E-state index in [0.29, 0.717) is 29.3 Å². The molecular formula is C14H19N3O4. The second-order valence-corrected chi connectivity index (χ2v) is 5.00. The highest BCUT2D eigenvalue weighted by atomic mass is 16.7. The van der Waals surface area contributed by atoms with Crippen molar-refractivity contribution in [2.75, 3.05) is 51.9 Å². The van der Waals surface area contributed by atoms with Crippen molar-refractivity contribution in [3.63, 3.8) is 0 Å². The molecule has 2 heterocycles. The molecule has 1 fully saturated rings. The number of nitrogens with one attached hydrogen (secondary N) is 1. The number of hydrogen-bond acceptors (Lipinski definition) is 6. The quantitative estimate of drug-likeness (QED) is 0.764. The van der Waals surface area contributed by atoms with Crippen LogP contribution in [0.1, 0.15) is 10.4 Å². The topological polar surface area (TPSA) is 86.1 Å². The third kappa shape index (κ3) is 3.20. The molecule has 0 unspecified atom stereocenters. The highest BCUT2D eigenvalue weighted by Gasteiger charge is 2.19. The fourth-order valence-electron chi connectivity index (χ4n) is 2.40. The number of carbonyl (C=O) groups excluding carboxylic acids is 1. The largest absolute Gasteiger partial charge is 0.454 e. The summed E-state index contributed by atoms with van der Waals surface area (Å²) in [6, 6.07) is 3.25. The number of benzene rings is 1. The average molecular weight is 293 g/mol. The molecule has 1 aromatic rings. The summed E-state index contributed by atoms with van der Waals surface area (Å²) in [6.45, 7) is 4.86. The van der Waals surface area contributed by atoms with Crippen molar-refractivity contribution in [1.29, 1.82) is 0 Å². The molecule has 0 aromatic heterocycles. The molecule has 7 heteroatoms. The normalized spacial score (nSPS) is 17.7. The van der Waals surface area contributed by atoms with E-state index in [1.165, 1.54) is 0 Å². The first kappa shape index (κ1) is 14.0. The van der Waals surface area contributed by atoms with Crippen LogP contribution in [0.3, 0.4) is 0 Å². The summed E-state index contributed by atoms with van der Waals surface area (Å²) in [6.07, 6.45) is 0. The first-order chi connectivity index (χ1) is 10.2. The third-order valence-electron chi connectivity index (χ3n) is 3.61. The van der Waals surface area contributed by atoms with Gasteiger partial charge in [0, 0.05) is 37.9 Å². The van der Waals surface area contributed by atoms with Crippen molar-refractivity contribution < 1.29 is 19.0 Å². The Morgan fingerprint density at radius 1 is 1.24 bits per heavy atom. The molecule has 114 valence electrons. The molecule has 0 spiro atoms. The van der Waals surface area contributed by atoms with Gasteiger partial charge in [0.15, 0.2) is 11.5 Å². The number of morpholine rings is 1. The van der Waals surface area contributed by atoms with E-state index >= 15 is 0 Å². The van der Waals surface area contributed by atoms with Gasteiger partial charge in [0.05, 0.1) is 18.8 Å². The van der Waals surface area contributed by atoms with E-state index in [1.54, 1.807) is 12.1 Å². The zero-order valence-corrected chi connectivity index (χ0v) is 11.8. The van der Waals surface area contributed by atoms with Crippen LogP contribution in [0.4, 0.5) is 5.69 Å². The lowest BCUT2D eigenvalue weighted by atomic mass is 10.1. The molecule has 3 rings (SSSR count). The Hall–Kier alpha value is -1.99. The molecule has 7 nitrogen and oxygen atoms in total. The maximum absolute atomic E-state index is 12.2. The Kier molecular flexibility index (Phi) is 4.12. The van der Waals surface area contributed by atoms with E-state index in [-0.39, 0.29) is 12.7 Å². The Labute approximate surface area is 122 Å². The van der Waals surface area contributed by atoms with Gasteiger partial charge in [0.25, 0.3) is 5.91 Å². The standard InChI is InChI=1S/C14H19N3O4/c15-11-8-13-12(20-9-21-13)7-10(11)14(18)16-1-2-17-3-5-19-6-4-17/h7-8H,1-6,9,15H2,(H,16,18). The minimum Gasteiger partial charge on any atom is -0.454 e. The van der Waals surface area contributed by atoms with Crippen molar-refractivity contribution in [3.05, 3.63) is 17.7 Å². The molecule has 2 aliphatic heterocycles. The Bertz CT molecular complexity index is 529. The molecular weight excluding hydrogens is 274 g/mol. The summed E-state index contributed by atoms with van der Waals surface area (Å²) in [4.78, 5) is 14.4. The molecule has 1 amide bonds. The van der Waals surface area contributed by atoms with Crippen LogP contribution < -0.4 is 20.5 Å². The van der Waals surface area contributed by atoms with Gasteiger partial charge in [-0.3, -0.25) is 9.69 Å². The molecule has 21 heavy (non-hydrogen) atoms. The van der Waals surface area contributed by atoms with E-state index in [0.717, 1.165) is 32.8 Å². The lowest BCUT2D eigenvalue weighted by molar-refractivity contribution is 0.0383. The molecule has 0 radical (unpaired) electrons. The number of ether oxygens (including phenoxy) is 3. The number of nitrogens with zero attached hydrogens (tertiary/aromatic N) is 1. The number of fused-ring (bicyclic) bond motifs is 1. The fourth-order valence-corrected chi connectivity index (χ4v) is 2.40. The predicted molar refractivity (Wildman–Crippen MR) is 76.6 cm³/mol. The number of anilines is 1. The van der Waals surface area contributed by atoms with Gasteiger partial charge >= 0.3 is 0 Å². The number of rotatable bonds is 4. The summed E-state index contributed by atoms with van der Waals surface area (Å²) in [5.41, 5.74) is 6.70. The summed E-state index contributed by atoms with van der Waals surface area (Å²) >= 11 is 0. The van der Waals surface area contributed by atoms with Gasteiger partial charge in [-0.25, -0.2) is 0 Å². The second kappa shape index (κ2) is 6.19. The molecule has 0 aliphatic carbocycles. The van der Waals surface area contributed by atoms with Crippen molar-refractivity contribution in [2.45, 2.75) is 0 Å². The number of nitrogen functional groups attached to an aromatic ring is 1. The van der Waals surface area contributed by atoms with Crippen molar-refractivity contribution in [1.82, 2.24) is 10.2 Å². The lowest BCUT2D eigenvalue weighted by Crippen LogP contribution is -2.41. The lowest BCUT2D eigenvalue weighted by Gasteiger charge is -2.26. The van der Waals surface area contributed by atoms with Crippen LogP contribution in [0.15, 0.2) is 12.1 Å². The van der Waals surface area contributed by atoms with E-state index in [1.807, 2.05) is 0 Å². The zero-order valence-electron chi connectivity index (χ0n) is 11.8. The second-order valence-electron chi connectivity index (χ2n) is 5.00. The van der Waals surface area contributed by atoms with Gasteiger partial charge in [0.1, 0.15) is 0 Å². The highest BCUT2D eigenvalue weighted by molar-refractivity contribution is 6.00. The maximum atomic E-state index is 12.2. The summed E-state index contributed by atoms with van der Waals surface area (Å²) in [5.74, 6) is 0.943. The van der Waals surface area contributed by atoms with Crippen LogP contribution in [0.5, 0.6) is 11.5 Å². The minimum atomic E-state index is -0.195. The van der Waals surface area contributed by atoms with E-state index in [4.69, 9.17) is 19.9 Å². The Morgan fingerprint density at radius 3 is 2.71 bits per heavy atom. The molecule has 0 bridgehead atoms. The van der Waals surface area contributed by atoms with E-state index in [9.17, 15) is 4.79 Å². The van der Waals surface area contributed by atoms with Gasteiger partial charge < -0.3 is 25.3 Å². The SMILES string of the molecule is Nc1cc2c(cc1C(=O)NCCN1CCOCC1)OCO2. The number of nitrogens with two attached hydrogens (primary N) is 1. The van der Waals surface area contributed by atoms with E-state index < -0.39 is 0 Å². The van der Waals surface area contributed by atoms with Gasteiger partial charge in [-0.1, -0.05) is 0 Å². The van der Waals surface area contributed by atoms with Gasteiger partial charge in [0.2, 0.25) is 6.79 Å². The van der Waals surface area contributed by atoms with Crippen molar-refractivity contribution in [3.8, 4) is 11.5 Å². The molecule has 0 atom stereocenters. The third-order valence-corrected chi connectivity index (χ3v) is 3.61. The molecule has 2 aliphatic rings. The molecule has 3 N–H and O–H groups in total. The van der Waals surface area contributed by atoms with Crippen molar-refractivity contribution in [2.24, 2.45) is 0 Å². The monoisotopic (exact) mass is 293 g/mol. The van der Waals surface area contributed by atoms with Crippen LogP contribution in [0.25, 0.3) is 0 Å². The van der Waals surface area contributed by atoms with Crippen LogP contribution >= 0.6 is 0 Å². The first-order valence-corrected chi connectivity index (χ1v) is 7.01. The van der Waals surface area contributed by atoms with Gasteiger partial charge in [-0.15, -0.1) is 0 Å². The van der Waals surface area contributed by atoms with Crippen LogP contribution in [0.2, 0.25) is 0 Å². The van der Waals surface area contributed by atoms with Gasteiger partial charge in [-0.05, 0) is 6.07 Å². The predicted octanol–water partition coefficient (Wildman–Crippen LogP) is 0.0595. The number of amides is 1. The summed E-state index contributed by atoms with van der Waals surface area (Å²) in [7, 11) is 0. The Morgan fingerprint density at radius 2 is 1.95 bits per heavy atom. The van der Waals surface area contributed by atoms with Crippen LogP contribution in [0, 0.1) is 0 Å².